The van der Waals surface area contributed by atoms with Gasteiger partial charge < -0.3 is 16.4 Å². The van der Waals surface area contributed by atoms with E-state index < -0.39 is 0 Å². The summed E-state index contributed by atoms with van der Waals surface area (Å²) in [7, 11) is 0. The normalized spacial score (nSPS) is 22.8. The molecule has 1 unspecified atom stereocenters. The van der Waals surface area contributed by atoms with Gasteiger partial charge in [0.05, 0.1) is 0 Å². The van der Waals surface area contributed by atoms with Crippen LogP contribution in [0.1, 0.15) is 24.8 Å². The Morgan fingerprint density at radius 3 is 2.65 bits per heavy atom. The summed E-state index contributed by atoms with van der Waals surface area (Å²) in [5, 5.41) is 5.92. The molecule has 1 saturated heterocycles. The van der Waals surface area contributed by atoms with Crippen molar-refractivity contribution in [3.8, 4) is 0 Å². The standard InChI is InChI=1S/C15H22N4O/c16-9-11-1-3-12(4-2-11)17-15(20)18-13-7-8-19(10-13)14-5-6-14/h1-4,13-14H,5-10,16H2,(H2,17,18,20). The molecule has 5 heteroatoms. The molecule has 4 N–H and O–H groups in total. The summed E-state index contributed by atoms with van der Waals surface area (Å²) in [4.78, 5) is 14.4. The van der Waals surface area contributed by atoms with E-state index in [1.807, 2.05) is 24.3 Å². The molecule has 20 heavy (non-hydrogen) atoms. The van der Waals surface area contributed by atoms with Crippen LogP contribution in [0.25, 0.3) is 0 Å². The maximum Gasteiger partial charge on any atom is 0.319 e. The highest BCUT2D eigenvalue weighted by atomic mass is 16.2. The van der Waals surface area contributed by atoms with Crippen LogP contribution in [0.2, 0.25) is 0 Å². The second-order valence-electron chi connectivity index (χ2n) is 5.71. The molecule has 2 aliphatic rings. The first kappa shape index (κ1) is 13.4. The fourth-order valence-electron chi connectivity index (χ4n) is 2.75. The summed E-state index contributed by atoms with van der Waals surface area (Å²) < 4.78 is 0. The number of carbonyl (C=O) groups is 1. The number of rotatable bonds is 4. The van der Waals surface area contributed by atoms with Crippen LogP contribution in [0.5, 0.6) is 0 Å². The van der Waals surface area contributed by atoms with Crippen molar-refractivity contribution >= 4 is 11.7 Å². The molecule has 0 bridgehead atoms. The van der Waals surface area contributed by atoms with Gasteiger partial charge in [-0.05, 0) is 37.0 Å². The quantitative estimate of drug-likeness (QED) is 0.779. The minimum Gasteiger partial charge on any atom is -0.334 e. The molecule has 1 aliphatic carbocycles. The van der Waals surface area contributed by atoms with Crippen LogP contribution in [0.4, 0.5) is 10.5 Å². The second kappa shape index (κ2) is 5.81. The molecular formula is C15H22N4O. The molecule has 1 atom stereocenters. The molecule has 0 radical (unpaired) electrons. The van der Waals surface area contributed by atoms with Crippen molar-refractivity contribution in [1.29, 1.82) is 0 Å². The van der Waals surface area contributed by atoms with Crippen LogP contribution in [-0.4, -0.2) is 36.1 Å². The van der Waals surface area contributed by atoms with Crippen LogP contribution in [0.3, 0.4) is 0 Å². The number of likely N-dealkylation sites (tertiary alicyclic amines) is 1. The highest BCUT2D eigenvalue weighted by Gasteiger charge is 2.34. The lowest BCUT2D eigenvalue weighted by atomic mass is 10.2. The minimum atomic E-state index is -0.117. The van der Waals surface area contributed by atoms with E-state index in [1.165, 1.54) is 12.8 Å². The molecule has 0 aromatic heterocycles. The van der Waals surface area contributed by atoms with E-state index in [1.54, 1.807) is 0 Å². The van der Waals surface area contributed by atoms with E-state index in [9.17, 15) is 4.79 Å². The SMILES string of the molecule is NCc1ccc(NC(=O)NC2CCN(C3CC3)C2)cc1. The monoisotopic (exact) mass is 274 g/mol. The summed E-state index contributed by atoms with van der Waals surface area (Å²) in [5.74, 6) is 0. The predicted octanol–water partition coefficient (Wildman–Crippen LogP) is 1.50. The van der Waals surface area contributed by atoms with Gasteiger partial charge in [-0.2, -0.15) is 0 Å². The largest absolute Gasteiger partial charge is 0.334 e. The Morgan fingerprint density at radius 1 is 1.25 bits per heavy atom. The zero-order valence-corrected chi connectivity index (χ0v) is 11.6. The average Bonchev–Trinajstić information content (AvgIpc) is 3.20. The Morgan fingerprint density at radius 2 is 2.00 bits per heavy atom. The molecule has 1 aromatic carbocycles. The zero-order chi connectivity index (χ0) is 13.9. The van der Waals surface area contributed by atoms with Crippen molar-refractivity contribution in [2.75, 3.05) is 18.4 Å². The van der Waals surface area contributed by atoms with E-state index in [0.717, 1.165) is 36.8 Å². The Hall–Kier alpha value is -1.59. The van der Waals surface area contributed by atoms with E-state index >= 15 is 0 Å². The van der Waals surface area contributed by atoms with Crippen molar-refractivity contribution in [1.82, 2.24) is 10.2 Å². The molecule has 1 aliphatic heterocycles. The predicted molar refractivity (Wildman–Crippen MR) is 79.5 cm³/mol. The zero-order valence-electron chi connectivity index (χ0n) is 11.6. The average molecular weight is 274 g/mol. The number of nitrogens with two attached hydrogens (primary N) is 1. The van der Waals surface area contributed by atoms with Crippen molar-refractivity contribution in [3.05, 3.63) is 29.8 Å². The van der Waals surface area contributed by atoms with Crippen molar-refractivity contribution < 1.29 is 4.79 Å². The molecule has 3 rings (SSSR count). The summed E-state index contributed by atoms with van der Waals surface area (Å²) in [6.07, 6.45) is 3.70. The summed E-state index contributed by atoms with van der Waals surface area (Å²) >= 11 is 0. The Labute approximate surface area is 119 Å². The van der Waals surface area contributed by atoms with Crippen LogP contribution < -0.4 is 16.4 Å². The molecule has 5 nitrogen and oxygen atoms in total. The highest BCUT2D eigenvalue weighted by molar-refractivity contribution is 5.89. The molecule has 1 aromatic rings. The lowest BCUT2D eigenvalue weighted by Crippen LogP contribution is -2.40. The van der Waals surface area contributed by atoms with E-state index in [2.05, 4.69) is 15.5 Å². The van der Waals surface area contributed by atoms with Gasteiger partial charge in [-0.25, -0.2) is 4.79 Å². The number of hydrogen-bond acceptors (Lipinski definition) is 3. The number of urea groups is 1. The van der Waals surface area contributed by atoms with Gasteiger partial charge >= 0.3 is 6.03 Å². The topological polar surface area (TPSA) is 70.4 Å². The van der Waals surface area contributed by atoms with E-state index in [0.29, 0.717) is 6.54 Å². The molecule has 1 saturated carbocycles. The fourth-order valence-corrected chi connectivity index (χ4v) is 2.75. The van der Waals surface area contributed by atoms with Gasteiger partial charge in [0.15, 0.2) is 0 Å². The van der Waals surface area contributed by atoms with Gasteiger partial charge in [0, 0.05) is 37.4 Å². The number of benzene rings is 1. The number of nitrogens with one attached hydrogen (secondary N) is 2. The summed E-state index contributed by atoms with van der Waals surface area (Å²) in [5.41, 5.74) is 7.41. The van der Waals surface area contributed by atoms with Crippen LogP contribution in [0.15, 0.2) is 24.3 Å². The molecule has 0 spiro atoms. The van der Waals surface area contributed by atoms with Gasteiger partial charge in [0.1, 0.15) is 0 Å². The maximum atomic E-state index is 11.9. The first-order valence-corrected chi connectivity index (χ1v) is 7.35. The Balaban J connectivity index is 1.46. The number of anilines is 1. The second-order valence-corrected chi connectivity index (χ2v) is 5.71. The molecular weight excluding hydrogens is 252 g/mol. The Bertz CT molecular complexity index is 469. The lowest BCUT2D eigenvalue weighted by molar-refractivity contribution is 0.247. The maximum absolute atomic E-state index is 11.9. The third kappa shape index (κ3) is 3.29. The van der Waals surface area contributed by atoms with Gasteiger partial charge in [-0.1, -0.05) is 12.1 Å². The smallest absolute Gasteiger partial charge is 0.319 e. The Kier molecular flexibility index (Phi) is 3.89. The molecule has 1 heterocycles. The van der Waals surface area contributed by atoms with Crippen LogP contribution in [0, 0.1) is 0 Å². The van der Waals surface area contributed by atoms with Gasteiger partial charge in [-0.3, -0.25) is 4.90 Å². The van der Waals surface area contributed by atoms with Gasteiger partial charge in [0.2, 0.25) is 0 Å². The molecule has 108 valence electrons. The molecule has 2 fully saturated rings. The minimum absolute atomic E-state index is 0.117. The fraction of sp³-hybridized carbons (Fsp3) is 0.533. The summed E-state index contributed by atoms with van der Waals surface area (Å²) in [6.45, 7) is 2.62. The number of amides is 2. The van der Waals surface area contributed by atoms with Gasteiger partial charge in [-0.15, -0.1) is 0 Å². The van der Waals surface area contributed by atoms with Crippen molar-refractivity contribution in [2.24, 2.45) is 5.73 Å². The van der Waals surface area contributed by atoms with Crippen LogP contribution in [-0.2, 0) is 6.54 Å². The number of carbonyl (C=O) groups excluding carboxylic acids is 1. The first-order valence-electron chi connectivity index (χ1n) is 7.35. The van der Waals surface area contributed by atoms with Crippen molar-refractivity contribution in [3.63, 3.8) is 0 Å². The van der Waals surface area contributed by atoms with Crippen LogP contribution >= 0.6 is 0 Å². The number of nitrogens with zero attached hydrogens (tertiary/aromatic N) is 1. The highest BCUT2D eigenvalue weighted by Crippen LogP contribution is 2.29. The number of hydrogen-bond donors (Lipinski definition) is 3. The van der Waals surface area contributed by atoms with E-state index in [4.69, 9.17) is 5.73 Å². The molecule has 2 amide bonds. The summed E-state index contributed by atoms with van der Waals surface area (Å²) in [6, 6.07) is 8.57. The van der Waals surface area contributed by atoms with E-state index in [-0.39, 0.29) is 12.1 Å². The first-order chi connectivity index (χ1) is 9.74. The third-order valence-electron chi connectivity index (χ3n) is 4.07. The van der Waals surface area contributed by atoms with Gasteiger partial charge in [0.25, 0.3) is 0 Å². The van der Waals surface area contributed by atoms with Crippen molar-refractivity contribution in [2.45, 2.75) is 37.9 Å². The third-order valence-corrected chi connectivity index (χ3v) is 4.07. The lowest BCUT2D eigenvalue weighted by Gasteiger charge is -2.16.